The van der Waals surface area contributed by atoms with Gasteiger partial charge >= 0.3 is 17.9 Å². The van der Waals surface area contributed by atoms with E-state index >= 15 is 0 Å². The van der Waals surface area contributed by atoms with Gasteiger partial charge in [-0.3, -0.25) is 9.59 Å². The van der Waals surface area contributed by atoms with E-state index in [1.165, 1.54) is 0 Å². The number of carbonyl (C=O) groups is 2. The van der Waals surface area contributed by atoms with E-state index in [0.29, 0.717) is 0 Å². The van der Waals surface area contributed by atoms with Crippen LogP contribution in [0.15, 0.2) is 0 Å². The fourth-order valence-electron chi connectivity index (χ4n) is 0.389. The van der Waals surface area contributed by atoms with Crippen LogP contribution in [0.25, 0.3) is 0 Å². The fraction of sp³-hybridized carbons (Fsp3) is 0.600. The van der Waals surface area contributed by atoms with Crippen LogP contribution in [-0.4, -0.2) is 30.3 Å². The van der Waals surface area contributed by atoms with E-state index in [1.54, 1.807) is 0 Å². The van der Waals surface area contributed by atoms with Crippen molar-refractivity contribution >= 4 is 11.6 Å². The molecule has 0 aromatic rings. The van der Waals surface area contributed by atoms with Gasteiger partial charge in [0, 0.05) is 22.4 Å². The van der Waals surface area contributed by atoms with Gasteiger partial charge in [0.15, 0.2) is 6.67 Å². The maximum absolute atomic E-state index is 12.0. The van der Waals surface area contributed by atoms with Crippen LogP contribution < -0.4 is 0 Å². The summed E-state index contributed by atoms with van der Waals surface area (Å²) in [5.41, 5.74) is 0. The molecule has 0 aliphatic heterocycles. The zero-order chi connectivity index (χ0) is 10.9. The quantitative estimate of drug-likeness (QED) is 0.447. The molecular formula is C5H2AgF6O2. The molecule has 0 aliphatic rings. The van der Waals surface area contributed by atoms with Crippen LogP contribution >= 0.6 is 0 Å². The Morgan fingerprint density at radius 2 is 1.36 bits per heavy atom. The average molecular weight is 316 g/mol. The molecule has 0 heterocycles. The minimum Gasteiger partial charge on any atom is -0.289 e. The molecule has 0 rings (SSSR count). The van der Waals surface area contributed by atoms with Crippen molar-refractivity contribution in [1.82, 2.24) is 0 Å². The molecule has 1 radical (unpaired) electrons. The first-order chi connectivity index (χ1) is 5.64. The Morgan fingerprint density at radius 3 is 1.57 bits per heavy atom. The molecule has 0 bridgehead atoms. The summed E-state index contributed by atoms with van der Waals surface area (Å²) < 4.78 is 69.4. The predicted octanol–water partition coefficient (Wildman–Crippen LogP) is 1.29. The number of hydrogen-bond acceptors (Lipinski definition) is 2. The van der Waals surface area contributed by atoms with Crippen molar-refractivity contribution in [1.29, 1.82) is 0 Å². The van der Waals surface area contributed by atoms with Crippen molar-refractivity contribution in [3.8, 4) is 0 Å². The Balaban J connectivity index is 0. The van der Waals surface area contributed by atoms with Crippen molar-refractivity contribution in [2.24, 2.45) is 0 Å². The molecule has 0 amide bonds. The molecule has 0 atom stereocenters. The number of hydrogen-bond donors (Lipinski definition) is 0. The molecule has 0 saturated heterocycles. The smallest absolute Gasteiger partial charge is 0.289 e. The zero-order valence-electron chi connectivity index (χ0n) is 6.09. The summed E-state index contributed by atoms with van der Waals surface area (Å²) in [6.07, 6.45) is -5.85. The van der Waals surface area contributed by atoms with Crippen molar-refractivity contribution in [3.63, 3.8) is 0 Å². The summed E-state index contributed by atoms with van der Waals surface area (Å²) in [4.78, 5) is 19.7. The molecule has 87 valence electrons. The van der Waals surface area contributed by atoms with Crippen LogP contribution in [0.4, 0.5) is 26.3 Å². The second-order valence-electron chi connectivity index (χ2n) is 1.96. The topological polar surface area (TPSA) is 34.1 Å². The number of ketones is 2. The fourth-order valence-corrected chi connectivity index (χ4v) is 0.389. The van der Waals surface area contributed by atoms with E-state index in [4.69, 9.17) is 0 Å². The largest absolute Gasteiger partial charge is 0.456 e. The molecule has 0 fully saturated rings. The third kappa shape index (κ3) is 3.43. The standard InChI is InChI=1S/C5H2F6O2.Ag/c6-1-2(12)4(7,8)3(13)5(9,10)11;/h1H2;. The van der Waals surface area contributed by atoms with Crippen molar-refractivity contribution < 1.29 is 58.3 Å². The summed E-state index contributed by atoms with van der Waals surface area (Å²) in [6, 6.07) is 0. The van der Waals surface area contributed by atoms with E-state index in [0.717, 1.165) is 0 Å². The van der Waals surface area contributed by atoms with E-state index in [9.17, 15) is 35.9 Å². The summed E-state index contributed by atoms with van der Waals surface area (Å²) in [6.45, 7) is -2.32. The van der Waals surface area contributed by atoms with Crippen LogP contribution in [0.2, 0.25) is 0 Å². The van der Waals surface area contributed by atoms with Gasteiger partial charge < -0.3 is 0 Å². The Hall–Kier alpha value is -0.340. The van der Waals surface area contributed by atoms with Crippen LogP contribution in [0, 0.1) is 0 Å². The van der Waals surface area contributed by atoms with E-state index in [-0.39, 0.29) is 22.4 Å². The van der Waals surface area contributed by atoms with Crippen molar-refractivity contribution in [2.75, 3.05) is 6.67 Å². The molecule has 0 aliphatic carbocycles. The van der Waals surface area contributed by atoms with Gasteiger partial charge in [-0.25, -0.2) is 4.39 Å². The molecular weight excluding hydrogens is 314 g/mol. The molecule has 2 nitrogen and oxygen atoms in total. The second kappa shape index (κ2) is 4.94. The molecule has 14 heavy (non-hydrogen) atoms. The van der Waals surface area contributed by atoms with E-state index < -0.39 is 30.3 Å². The van der Waals surface area contributed by atoms with Gasteiger partial charge in [0.2, 0.25) is 5.78 Å². The maximum atomic E-state index is 12.0. The molecule has 9 heteroatoms. The van der Waals surface area contributed by atoms with Crippen molar-refractivity contribution in [3.05, 3.63) is 0 Å². The van der Waals surface area contributed by atoms with Gasteiger partial charge in [0.1, 0.15) is 0 Å². The molecule has 0 unspecified atom stereocenters. The van der Waals surface area contributed by atoms with Gasteiger partial charge in [-0.05, 0) is 0 Å². The van der Waals surface area contributed by atoms with Gasteiger partial charge in [0.05, 0.1) is 0 Å². The van der Waals surface area contributed by atoms with Crippen LogP contribution in [0.1, 0.15) is 0 Å². The Morgan fingerprint density at radius 1 is 1.00 bits per heavy atom. The predicted molar refractivity (Wildman–Crippen MR) is 27.0 cm³/mol. The number of carbonyl (C=O) groups excluding carboxylic acids is 2. The number of Topliss-reactive ketones (excluding diaryl/α,β-unsaturated/α-hetero) is 2. The zero-order valence-corrected chi connectivity index (χ0v) is 7.58. The molecule has 0 saturated carbocycles. The van der Waals surface area contributed by atoms with Crippen molar-refractivity contribution in [2.45, 2.75) is 12.1 Å². The van der Waals surface area contributed by atoms with Crippen LogP contribution in [-0.2, 0) is 32.0 Å². The Labute approximate surface area is 89.1 Å². The van der Waals surface area contributed by atoms with Gasteiger partial charge in [-0.1, -0.05) is 0 Å². The minimum atomic E-state index is -5.85. The Bertz CT molecular complexity index is 235. The first-order valence-electron chi connectivity index (χ1n) is 2.72. The Kier molecular flexibility index (Phi) is 5.69. The van der Waals surface area contributed by atoms with E-state index in [2.05, 4.69) is 0 Å². The SMILES string of the molecule is O=C(CF)C(F)(F)C(=O)C(F)(F)F.[Ag]. The third-order valence-electron chi connectivity index (χ3n) is 1.01. The number of rotatable bonds is 3. The molecule has 0 aromatic carbocycles. The summed E-state index contributed by atoms with van der Waals surface area (Å²) in [5.74, 6) is -11.6. The van der Waals surface area contributed by atoms with Gasteiger partial charge in [-0.15, -0.1) is 0 Å². The summed E-state index contributed by atoms with van der Waals surface area (Å²) >= 11 is 0. The van der Waals surface area contributed by atoms with Crippen LogP contribution in [0.3, 0.4) is 0 Å². The third-order valence-corrected chi connectivity index (χ3v) is 1.01. The minimum absolute atomic E-state index is 0. The number of halogens is 6. The summed E-state index contributed by atoms with van der Waals surface area (Å²) in [5, 5.41) is 0. The van der Waals surface area contributed by atoms with Gasteiger partial charge in [0.25, 0.3) is 0 Å². The molecule has 0 N–H and O–H groups in total. The molecule has 0 spiro atoms. The first-order valence-corrected chi connectivity index (χ1v) is 2.72. The van der Waals surface area contributed by atoms with Crippen LogP contribution in [0.5, 0.6) is 0 Å². The monoisotopic (exact) mass is 315 g/mol. The summed E-state index contributed by atoms with van der Waals surface area (Å²) in [7, 11) is 0. The first kappa shape index (κ1) is 16.1. The maximum Gasteiger partial charge on any atom is 0.456 e. The van der Waals surface area contributed by atoms with Gasteiger partial charge in [-0.2, -0.15) is 22.0 Å². The number of alkyl halides is 6. The molecule has 0 aromatic heterocycles. The van der Waals surface area contributed by atoms with E-state index in [1.807, 2.05) is 0 Å². The second-order valence-corrected chi connectivity index (χ2v) is 1.96. The average Bonchev–Trinajstić information content (AvgIpc) is 1.99. The normalized spacial score (nSPS) is 11.9.